The SMILES string of the molecule is Nc1ccc(C(=O)NCC2CC(=O)N(c3ccc(-n4ccccc4=O)cc3)C2)cc1. The summed E-state index contributed by atoms with van der Waals surface area (Å²) in [5, 5.41) is 2.89. The molecule has 0 saturated carbocycles. The topological polar surface area (TPSA) is 97.4 Å². The van der Waals surface area contributed by atoms with Gasteiger partial charge in [0.25, 0.3) is 11.5 Å². The molecule has 0 bridgehead atoms. The zero-order valence-electron chi connectivity index (χ0n) is 16.3. The van der Waals surface area contributed by atoms with Gasteiger partial charge in [-0.05, 0) is 54.6 Å². The number of nitrogens with zero attached hydrogens (tertiary/aromatic N) is 2. The molecular weight excluding hydrogens is 380 g/mol. The first kappa shape index (κ1) is 19.4. The van der Waals surface area contributed by atoms with Crippen molar-refractivity contribution < 1.29 is 9.59 Å². The van der Waals surface area contributed by atoms with Gasteiger partial charge in [0.1, 0.15) is 0 Å². The van der Waals surface area contributed by atoms with Crippen molar-refractivity contribution in [2.75, 3.05) is 23.7 Å². The predicted molar refractivity (Wildman–Crippen MR) is 116 cm³/mol. The largest absolute Gasteiger partial charge is 0.399 e. The summed E-state index contributed by atoms with van der Waals surface area (Å²) in [6, 6.07) is 19.0. The molecule has 2 aromatic carbocycles. The number of aromatic nitrogens is 1. The summed E-state index contributed by atoms with van der Waals surface area (Å²) in [5.41, 5.74) is 8.19. The average molecular weight is 402 g/mol. The maximum atomic E-state index is 12.5. The standard InChI is InChI=1S/C23H22N4O3/c24-18-6-4-17(5-7-18)23(30)25-14-16-13-22(29)27(15-16)20-10-8-19(9-11-20)26-12-2-1-3-21(26)28/h1-12,16H,13-15,24H2,(H,25,30). The van der Waals surface area contributed by atoms with Crippen molar-refractivity contribution in [1.82, 2.24) is 9.88 Å². The van der Waals surface area contributed by atoms with Crippen LogP contribution in [0.4, 0.5) is 11.4 Å². The number of benzene rings is 2. The molecule has 2 amide bonds. The first-order valence-electron chi connectivity index (χ1n) is 9.73. The highest BCUT2D eigenvalue weighted by molar-refractivity contribution is 5.96. The van der Waals surface area contributed by atoms with Gasteiger partial charge in [0.15, 0.2) is 0 Å². The second-order valence-corrected chi connectivity index (χ2v) is 7.33. The summed E-state index contributed by atoms with van der Waals surface area (Å²) >= 11 is 0. The Bertz CT molecular complexity index is 1120. The number of rotatable bonds is 5. The zero-order chi connectivity index (χ0) is 21.1. The van der Waals surface area contributed by atoms with E-state index in [0.29, 0.717) is 30.8 Å². The lowest BCUT2D eigenvalue weighted by atomic mass is 10.1. The van der Waals surface area contributed by atoms with E-state index in [9.17, 15) is 14.4 Å². The van der Waals surface area contributed by atoms with Gasteiger partial charge in [0, 0.05) is 60.3 Å². The molecule has 1 unspecified atom stereocenters. The average Bonchev–Trinajstić information content (AvgIpc) is 3.13. The van der Waals surface area contributed by atoms with Crippen molar-refractivity contribution in [3.05, 3.63) is 88.8 Å². The van der Waals surface area contributed by atoms with Gasteiger partial charge in [-0.25, -0.2) is 0 Å². The molecule has 1 aliphatic rings. The number of nitrogens with one attached hydrogen (secondary N) is 1. The predicted octanol–water partition coefficient (Wildman–Crippen LogP) is 2.20. The summed E-state index contributed by atoms with van der Waals surface area (Å²) in [6.07, 6.45) is 2.08. The molecule has 3 N–H and O–H groups in total. The highest BCUT2D eigenvalue weighted by atomic mass is 16.2. The molecule has 1 fully saturated rings. The molecule has 152 valence electrons. The maximum Gasteiger partial charge on any atom is 0.255 e. The van der Waals surface area contributed by atoms with Crippen LogP contribution in [0, 0.1) is 5.92 Å². The molecule has 30 heavy (non-hydrogen) atoms. The smallest absolute Gasteiger partial charge is 0.255 e. The fraction of sp³-hybridized carbons (Fsp3) is 0.174. The van der Waals surface area contributed by atoms with Crippen LogP contribution in [0.15, 0.2) is 77.7 Å². The summed E-state index contributed by atoms with van der Waals surface area (Å²) in [5.74, 6) is -0.128. The molecule has 0 radical (unpaired) electrons. The van der Waals surface area contributed by atoms with Gasteiger partial charge in [-0.2, -0.15) is 0 Å². The van der Waals surface area contributed by atoms with Crippen molar-refractivity contribution in [3.8, 4) is 5.69 Å². The van der Waals surface area contributed by atoms with Crippen molar-refractivity contribution in [2.24, 2.45) is 5.92 Å². The number of hydrogen-bond acceptors (Lipinski definition) is 4. The Labute approximate surface area is 173 Å². The first-order valence-corrected chi connectivity index (χ1v) is 9.73. The van der Waals surface area contributed by atoms with Gasteiger partial charge in [-0.1, -0.05) is 6.07 Å². The molecular formula is C23H22N4O3. The summed E-state index contributed by atoms with van der Waals surface area (Å²) < 4.78 is 1.55. The molecule has 2 heterocycles. The fourth-order valence-corrected chi connectivity index (χ4v) is 3.58. The number of nitrogen functional groups attached to an aromatic ring is 1. The number of anilines is 2. The Kier molecular flexibility index (Phi) is 5.34. The van der Waals surface area contributed by atoms with Crippen LogP contribution in [0.2, 0.25) is 0 Å². The van der Waals surface area contributed by atoms with Gasteiger partial charge in [0.2, 0.25) is 5.91 Å². The van der Waals surface area contributed by atoms with Crippen LogP contribution in [0.3, 0.4) is 0 Å². The molecule has 7 heteroatoms. The van der Waals surface area contributed by atoms with Crippen LogP contribution in [0.5, 0.6) is 0 Å². The van der Waals surface area contributed by atoms with Crippen LogP contribution >= 0.6 is 0 Å². The van der Waals surface area contributed by atoms with Crippen molar-refractivity contribution in [2.45, 2.75) is 6.42 Å². The van der Waals surface area contributed by atoms with Gasteiger partial charge >= 0.3 is 0 Å². The van der Waals surface area contributed by atoms with Crippen LogP contribution in [0.1, 0.15) is 16.8 Å². The number of amides is 2. The van der Waals surface area contributed by atoms with Crippen LogP contribution < -0.4 is 21.5 Å². The number of nitrogens with two attached hydrogens (primary N) is 1. The van der Waals surface area contributed by atoms with Crippen molar-refractivity contribution in [1.29, 1.82) is 0 Å². The second-order valence-electron chi connectivity index (χ2n) is 7.33. The minimum absolute atomic E-state index is 0.0198. The quantitative estimate of drug-likeness (QED) is 0.640. The highest BCUT2D eigenvalue weighted by Gasteiger charge is 2.30. The van der Waals surface area contributed by atoms with E-state index in [1.54, 1.807) is 52.1 Å². The molecule has 1 aliphatic heterocycles. The van der Waals surface area contributed by atoms with E-state index in [4.69, 9.17) is 5.73 Å². The van der Waals surface area contributed by atoms with E-state index in [0.717, 1.165) is 11.4 Å². The maximum absolute atomic E-state index is 12.5. The molecule has 0 spiro atoms. The van der Waals surface area contributed by atoms with Gasteiger partial charge in [0.05, 0.1) is 0 Å². The Morgan fingerprint density at radius 3 is 2.37 bits per heavy atom. The molecule has 1 aromatic heterocycles. The highest BCUT2D eigenvalue weighted by Crippen LogP contribution is 2.25. The van der Waals surface area contributed by atoms with E-state index < -0.39 is 0 Å². The van der Waals surface area contributed by atoms with Crippen LogP contribution in [0.25, 0.3) is 5.69 Å². The minimum Gasteiger partial charge on any atom is -0.399 e. The molecule has 1 saturated heterocycles. The number of carbonyl (C=O) groups is 2. The zero-order valence-corrected chi connectivity index (χ0v) is 16.3. The third-order valence-electron chi connectivity index (χ3n) is 5.19. The normalized spacial score (nSPS) is 15.9. The minimum atomic E-state index is -0.182. The first-order chi connectivity index (χ1) is 14.5. The number of pyridine rings is 1. The number of hydrogen-bond donors (Lipinski definition) is 2. The molecule has 1 atom stereocenters. The number of carbonyl (C=O) groups excluding carboxylic acids is 2. The summed E-state index contributed by atoms with van der Waals surface area (Å²) in [7, 11) is 0. The summed E-state index contributed by atoms with van der Waals surface area (Å²) in [4.78, 5) is 38.4. The van der Waals surface area contributed by atoms with Crippen molar-refractivity contribution >= 4 is 23.2 Å². The Morgan fingerprint density at radius 1 is 0.967 bits per heavy atom. The fourth-order valence-electron chi connectivity index (χ4n) is 3.58. The van der Waals surface area contributed by atoms with Gasteiger partial charge in [-0.15, -0.1) is 0 Å². The monoisotopic (exact) mass is 402 g/mol. The second kappa shape index (κ2) is 8.24. The van der Waals surface area contributed by atoms with Crippen molar-refractivity contribution in [3.63, 3.8) is 0 Å². The Balaban J connectivity index is 1.39. The third kappa shape index (κ3) is 4.10. The van der Waals surface area contributed by atoms with E-state index >= 15 is 0 Å². The van der Waals surface area contributed by atoms with Gasteiger partial charge < -0.3 is 16.0 Å². The van der Waals surface area contributed by atoms with E-state index in [1.165, 1.54) is 6.07 Å². The van der Waals surface area contributed by atoms with Gasteiger partial charge in [-0.3, -0.25) is 19.0 Å². The summed E-state index contributed by atoms with van der Waals surface area (Å²) in [6.45, 7) is 0.953. The molecule has 7 nitrogen and oxygen atoms in total. The molecule has 3 aromatic rings. The molecule has 0 aliphatic carbocycles. The lowest BCUT2D eigenvalue weighted by Gasteiger charge is -2.18. The van der Waals surface area contributed by atoms with Crippen LogP contribution in [-0.4, -0.2) is 29.5 Å². The van der Waals surface area contributed by atoms with Crippen LogP contribution in [-0.2, 0) is 4.79 Å². The third-order valence-corrected chi connectivity index (χ3v) is 5.19. The van der Waals surface area contributed by atoms with E-state index in [2.05, 4.69) is 5.32 Å². The lowest BCUT2D eigenvalue weighted by Crippen LogP contribution is -2.31. The molecule has 4 rings (SSSR count). The Hall–Kier alpha value is -3.87. The Morgan fingerprint density at radius 2 is 1.67 bits per heavy atom. The van der Waals surface area contributed by atoms with E-state index in [1.807, 2.05) is 24.3 Å². The lowest BCUT2D eigenvalue weighted by molar-refractivity contribution is -0.117. The van der Waals surface area contributed by atoms with E-state index in [-0.39, 0.29) is 23.3 Å².